The third-order valence-electron chi connectivity index (χ3n) is 2.78. The summed E-state index contributed by atoms with van der Waals surface area (Å²) >= 11 is 12.0. The van der Waals surface area contributed by atoms with Crippen molar-refractivity contribution in [3.63, 3.8) is 0 Å². The molecule has 2 aromatic rings. The van der Waals surface area contributed by atoms with Crippen molar-refractivity contribution in [3.05, 3.63) is 28.0 Å². The van der Waals surface area contributed by atoms with Crippen LogP contribution in [-0.2, 0) is 13.0 Å². The highest BCUT2D eigenvalue weighted by Crippen LogP contribution is 2.28. The Balaban J connectivity index is 2.59. The molecule has 5 heteroatoms. The van der Waals surface area contributed by atoms with Crippen LogP contribution in [0.2, 0.25) is 10.0 Å². The Morgan fingerprint density at radius 2 is 1.94 bits per heavy atom. The number of rotatable bonds is 4. The molecular weight excluding hydrogens is 271 g/mol. The Bertz CT molecular complexity index is 564. The van der Waals surface area contributed by atoms with Crippen molar-refractivity contribution in [1.29, 1.82) is 0 Å². The predicted octanol–water partition coefficient (Wildman–Crippen LogP) is 3.53. The Hall–Kier alpha value is -0.770. The number of nitrogens with zero attached hydrogens (tertiary/aromatic N) is 2. The van der Waals surface area contributed by atoms with E-state index in [2.05, 4.69) is 18.8 Å². The number of aliphatic hydroxyl groups is 1. The summed E-state index contributed by atoms with van der Waals surface area (Å²) < 4.78 is 2.01. The van der Waals surface area contributed by atoms with Gasteiger partial charge in [0.15, 0.2) is 0 Å². The molecule has 1 aromatic heterocycles. The van der Waals surface area contributed by atoms with E-state index in [0.29, 0.717) is 22.5 Å². The summed E-state index contributed by atoms with van der Waals surface area (Å²) in [5.41, 5.74) is 1.75. The van der Waals surface area contributed by atoms with Gasteiger partial charge in [-0.3, -0.25) is 0 Å². The number of imidazole rings is 1. The van der Waals surface area contributed by atoms with Gasteiger partial charge >= 0.3 is 0 Å². The molecule has 2 rings (SSSR count). The van der Waals surface area contributed by atoms with Gasteiger partial charge in [-0.1, -0.05) is 37.0 Å². The van der Waals surface area contributed by atoms with Crippen molar-refractivity contribution in [2.75, 3.05) is 6.61 Å². The molecule has 0 bridgehead atoms. The van der Waals surface area contributed by atoms with E-state index < -0.39 is 0 Å². The Labute approximate surface area is 116 Å². The zero-order chi connectivity index (χ0) is 13.3. The van der Waals surface area contributed by atoms with E-state index in [1.807, 2.05) is 10.6 Å². The summed E-state index contributed by atoms with van der Waals surface area (Å²) in [5, 5.41) is 10.2. The summed E-state index contributed by atoms with van der Waals surface area (Å²) in [6.07, 6.45) is 0.865. The minimum atomic E-state index is 0.0802. The van der Waals surface area contributed by atoms with E-state index in [1.165, 1.54) is 0 Å². The number of aromatic nitrogens is 2. The molecule has 0 saturated heterocycles. The van der Waals surface area contributed by atoms with Gasteiger partial charge < -0.3 is 9.67 Å². The Morgan fingerprint density at radius 3 is 2.56 bits per heavy atom. The lowest BCUT2D eigenvalue weighted by atomic mass is 10.1. The normalized spacial score (nSPS) is 11.7. The van der Waals surface area contributed by atoms with Gasteiger partial charge in [-0.05, 0) is 18.1 Å². The van der Waals surface area contributed by atoms with Crippen molar-refractivity contribution in [1.82, 2.24) is 9.55 Å². The van der Waals surface area contributed by atoms with E-state index in [0.717, 1.165) is 23.3 Å². The molecule has 3 nitrogen and oxygen atoms in total. The van der Waals surface area contributed by atoms with Crippen LogP contribution in [0.25, 0.3) is 11.0 Å². The van der Waals surface area contributed by atoms with Crippen LogP contribution in [-0.4, -0.2) is 21.3 Å². The zero-order valence-electron chi connectivity index (χ0n) is 10.5. The molecule has 1 aromatic carbocycles. The topological polar surface area (TPSA) is 38.0 Å². The molecule has 0 spiro atoms. The van der Waals surface area contributed by atoms with Gasteiger partial charge in [-0.2, -0.15) is 0 Å². The number of fused-ring (bicyclic) bond motifs is 1. The number of hydrogen-bond donors (Lipinski definition) is 1. The van der Waals surface area contributed by atoms with E-state index >= 15 is 0 Å². The van der Waals surface area contributed by atoms with Crippen LogP contribution in [0.4, 0.5) is 0 Å². The van der Waals surface area contributed by atoms with Crippen LogP contribution in [0.1, 0.15) is 19.7 Å². The lowest BCUT2D eigenvalue weighted by Gasteiger charge is -2.09. The Morgan fingerprint density at radius 1 is 1.28 bits per heavy atom. The molecule has 1 N–H and O–H groups in total. The fourth-order valence-corrected chi connectivity index (χ4v) is 2.36. The fraction of sp³-hybridized carbons (Fsp3) is 0.462. The summed E-state index contributed by atoms with van der Waals surface area (Å²) in [6.45, 7) is 4.89. The molecular formula is C13H16Cl2N2O. The number of hydrogen-bond acceptors (Lipinski definition) is 2. The van der Waals surface area contributed by atoms with Crippen molar-refractivity contribution in [2.45, 2.75) is 26.8 Å². The summed E-state index contributed by atoms with van der Waals surface area (Å²) in [6, 6.07) is 3.59. The molecule has 0 atom stereocenters. The van der Waals surface area contributed by atoms with Crippen LogP contribution in [0.5, 0.6) is 0 Å². The molecule has 1 heterocycles. The number of aliphatic hydroxyl groups excluding tert-OH is 1. The Kier molecular flexibility index (Phi) is 4.15. The SMILES string of the molecule is CC(C)Cc1nc2cc(Cl)c(Cl)cc2n1CCO. The highest BCUT2D eigenvalue weighted by atomic mass is 35.5. The molecule has 0 aliphatic rings. The third-order valence-corrected chi connectivity index (χ3v) is 3.51. The minimum Gasteiger partial charge on any atom is -0.395 e. The highest BCUT2D eigenvalue weighted by Gasteiger charge is 2.13. The van der Waals surface area contributed by atoms with Gasteiger partial charge in [0.2, 0.25) is 0 Å². The number of benzene rings is 1. The van der Waals surface area contributed by atoms with E-state index in [4.69, 9.17) is 23.2 Å². The second-order valence-corrected chi connectivity index (χ2v) is 5.57. The second-order valence-electron chi connectivity index (χ2n) is 4.76. The molecule has 0 saturated carbocycles. The van der Waals surface area contributed by atoms with Crippen LogP contribution < -0.4 is 0 Å². The molecule has 98 valence electrons. The molecule has 0 radical (unpaired) electrons. The monoisotopic (exact) mass is 286 g/mol. The maximum atomic E-state index is 9.17. The average molecular weight is 287 g/mol. The van der Waals surface area contributed by atoms with Crippen LogP contribution in [0.3, 0.4) is 0 Å². The van der Waals surface area contributed by atoms with E-state index in [9.17, 15) is 5.11 Å². The maximum absolute atomic E-state index is 9.17. The lowest BCUT2D eigenvalue weighted by molar-refractivity contribution is 0.275. The van der Waals surface area contributed by atoms with Gasteiger partial charge in [0.05, 0.1) is 27.7 Å². The first-order valence-corrected chi connectivity index (χ1v) is 6.73. The molecule has 0 fully saturated rings. The van der Waals surface area contributed by atoms with Crippen LogP contribution >= 0.6 is 23.2 Å². The van der Waals surface area contributed by atoms with E-state index in [1.54, 1.807) is 6.07 Å². The first kappa shape index (κ1) is 13.7. The third kappa shape index (κ3) is 2.63. The standard InChI is InChI=1S/C13H16Cl2N2O/c1-8(2)5-13-16-11-6-9(14)10(15)7-12(11)17(13)3-4-18/h6-8,18H,3-5H2,1-2H3. The van der Waals surface area contributed by atoms with Crippen molar-refractivity contribution >= 4 is 34.2 Å². The first-order chi connectivity index (χ1) is 8.52. The van der Waals surface area contributed by atoms with Crippen molar-refractivity contribution in [3.8, 4) is 0 Å². The zero-order valence-corrected chi connectivity index (χ0v) is 12.0. The highest BCUT2D eigenvalue weighted by molar-refractivity contribution is 6.42. The molecule has 18 heavy (non-hydrogen) atoms. The lowest BCUT2D eigenvalue weighted by Crippen LogP contribution is -2.09. The summed E-state index contributed by atoms with van der Waals surface area (Å²) in [5.74, 6) is 1.47. The predicted molar refractivity (Wildman–Crippen MR) is 75.4 cm³/mol. The average Bonchev–Trinajstić information content (AvgIpc) is 2.58. The molecule has 0 aliphatic heterocycles. The molecule has 0 amide bonds. The summed E-state index contributed by atoms with van der Waals surface area (Å²) in [4.78, 5) is 4.58. The van der Waals surface area contributed by atoms with Crippen LogP contribution in [0, 0.1) is 5.92 Å². The number of halogens is 2. The maximum Gasteiger partial charge on any atom is 0.110 e. The van der Waals surface area contributed by atoms with Gasteiger partial charge in [0.1, 0.15) is 5.82 Å². The van der Waals surface area contributed by atoms with E-state index in [-0.39, 0.29) is 6.61 Å². The smallest absolute Gasteiger partial charge is 0.110 e. The summed E-state index contributed by atoms with van der Waals surface area (Å²) in [7, 11) is 0. The van der Waals surface area contributed by atoms with Gasteiger partial charge in [-0.25, -0.2) is 4.98 Å². The van der Waals surface area contributed by atoms with Crippen LogP contribution in [0.15, 0.2) is 12.1 Å². The largest absolute Gasteiger partial charge is 0.395 e. The molecule has 0 aliphatic carbocycles. The minimum absolute atomic E-state index is 0.0802. The van der Waals surface area contributed by atoms with Gasteiger partial charge in [0, 0.05) is 13.0 Å². The van der Waals surface area contributed by atoms with Crippen molar-refractivity contribution in [2.24, 2.45) is 5.92 Å². The quantitative estimate of drug-likeness (QED) is 0.934. The van der Waals surface area contributed by atoms with Gasteiger partial charge in [0.25, 0.3) is 0 Å². The van der Waals surface area contributed by atoms with Crippen molar-refractivity contribution < 1.29 is 5.11 Å². The fourth-order valence-electron chi connectivity index (χ4n) is 2.04. The second kappa shape index (κ2) is 5.47. The van der Waals surface area contributed by atoms with Gasteiger partial charge in [-0.15, -0.1) is 0 Å². The first-order valence-electron chi connectivity index (χ1n) is 5.98. The molecule has 0 unspecified atom stereocenters.